The second kappa shape index (κ2) is 10.0. The van der Waals surface area contributed by atoms with Gasteiger partial charge in [-0.15, -0.1) is 0 Å². The quantitative estimate of drug-likeness (QED) is 0.224. The average molecular weight is 517 g/mol. The minimum atomic E-state index is -1.27. The van der Waals surface area contributed by atoms with E-state index in [9.17, 15) is 19.5 Å². The average Bonchev–Trinajstić information content (AvgIpc) is 3.62. The van der Waals surface area contributed by atoms with Crippen LogP contribution in [0, 0.1) is 23.2 Å². The number of epoxide rings is 1. The lowest BCUT2D eigenvalue weighted by Crippen LogP contribution is -2.60. The first-order chi connectivity index (χ1) is 17.6. The number of hydrogen-bond acceptors (Lipinski definition) is 9. The van der Waals surface area contributed by atoms with Gasteiger partial charge in [-0.1, -0.05) is 37.6 Å². The van der Waals surface area contributed by atoms with E-state index in [4.69, 9.17) is 23.7 Å². The van der Waals surface area contributed by atoms with Gasteiger partial charge in [0, 0.05) is 35.8 Å². The van der Waals surface area contributed by atoms with Gasteiger partial charge >= 0.3 is 17.9 Å². The first-order valence-electron chi connectivity index (χ1n) is 13.2. The van der Waals surface area contributed by atoms with Gasteiger partial charge in [0.1, 0.15) is 11.7 Å². The molecule has 9 heteroatoms. The van der Waals surface area contributed by atoms with E-state index in [1.165, 1.54) is 24.3 Å². The van der Waals surface area contributed by atoms with E-state index in [0.29, 0.717) is 25.9 Å². The highest BCUT2D eigenvalue weighted by Gasteiger charge is 2.79. The molecule has 3 heterocycles. The van der Waals surface area contributed by atoms with Crippen molar-refractivity contribution in [3.63, 3.8) is 0 Å². The van der Waals surface area contributed by atoms with Crippen molar-refractivity contribution in [1.82, 2.24) is 0 Å². The smallest absolute Gasteiger partial charge is 0.334 e. The van der Waals surface area contributed by atoms with Crippen molar-refractivity contribution in [3.05, 3.63) is 36.0 Å². The second-order valence-corrected chi connectivity index (χ2v) is 11.4. The molecule has 37 heavy (non-hydrogen) atoms. The molecule has 1 saturated carbocycles. The van der Waals surface area contributed by atoms with Gasteiger partial charge in [-0.05, 0) is 32.1 Å². The van der Waals surface area contributed by atoms with Gasteiger partial charge in [0.15, 0.2) is 6.10 Å². The van der Waals surface area contributed by atoms with Crippen LogP contribution in [0.4, 0.5) is 0 Å². The van der Waals surface area contributed by atoms with Gasteiger partial charge in [0.2, 0.25) is 0 Å². The maximum absolute atomic E-state index is 12.8. The van der Waals surface area contributed by atoms with Crippen LogP contribution in [0.1, 0.15) is 46.5 Å². The van der Waals surface area contributed by atoms with Gasteiger partial charge in [-0.25, -0.2) is 14.4 Å². The summed E-state index contributed by atoms with van der Waals surface area (Å²) in [6, 6.07) is 0. The first-order valence-corrected chi connectivity index (χ1v) is 13.2. The van der Waals surface area contributed by atoms with Crippen LogP contribution in [0.25, 0.3) is 0 Å². The zero-order valence-electron chi connectivity index (χ0n) is 21.6. The van der Waals surface area contributed by atoms with Crippen molar-refractivity contribution >= 4 is 17.9 Å². The second-order valence-electron chi connectivity index (χ2n) is 11.4. The highest BCUT2D eigenvalue weighted by atomic mass is 16.6. The standard InChI is InChI=1S/C28H36O9/c1-16-8-9-33-23(30)6-4-5-7-24(31)37-21-13-22-28(15-35-28)27(21,3)25-18(10-17(2)12-20(25)36-22)14-34-26(32)19(29)11-16/h4-7,12,16,18-22,25,29H,8-11,13-15H2,1-3H3/t16-,18?,19+,20?,21+,22?,25?,27-,28+/m1/s1. The lowest BCUT2D eigenvalue weighted by Gasteiger charge is -2.52. The molecule has 9 atom stereocenters. The molecule has 0 amide bonds. The van der Waals surface area contributed by atoms with E-state index in [2.05, 4.69) is 13.0 Å². The van der Waals surface area contributed by atoms with E-state index in [1.54, 1.807) is 0 Å². The van der Waals surface area contributed by atoms with Gasteiger partial charge < -0.3 is 28.8 Å². The van der Waals surface area contributed by atoms with E-state index in [1.807, 2.05) is 13.8 Å². The number of rotatable bonds is 0. The number of ether oxygens (including phenoxy) is 5. The maximum atomic E-state index is 12.8. The Morgan fingerprint density at radius 1 is 1.03 bits per heavy atom. The number of carbonyl (C=O) groups is 3. The Bertz CT molecular complexity index is 1020. The molecule has 0 aromatic rings. The van der Waals surface area contributed by atoms with Crippen LogP contribution in [-0.2, 0) is 38.1 Å². The summed E-state index contributed by atoms with van der Waals surface area (Å²) in [5.74, 6) is -1.97. The van der Waals surface area contributed by atoms with Crippen molar-refractivity contribution in [3.8, 4) is 0 Å². The van der Waals surface area contributed by atoms with Crippen LogP contribution < -0.4 is 0 Å². The van der Waals surface area contributed by atoms with Crippen molar-refractivity contribution in [2.45, 2.75) is 76.5 Å². The Morgan fingerprint density at radius 3 is 2.49 bits per heavy atom. The number of hydrogen-bond donors (Lipinski definition) is 1. The van der Waals surface area contributed by atoms with Crippen molar-refractivity contribution in [1.29, 1.82) is 0 Å². The number of cyclic esters (lactones) is 2. The van der Waals surface area contributed by atoms with Crippen molar-refractivity contribution in [2.75, 3.05) is 19.8 Å². The van der Waals surface area contributed by atoms with Crippen LogP contribution in [0.5, 0.6) is 0 Å². The predicted molar refractivity (Wildman–Crippen MR) is 130 cm³/mol. The van der Waals surface area contributed by atoms with E-state index in [0.717, 1.165) is 5.57 Å². The van der Waals surface area contributed by atoms with Crippen LogP contribution in [0.15, 0.2) is 36.0 Å². The Balaban J connectivity index is 1.44. The summed E-state index contributed by atoms with van der Waals surface area (Å²) in [6.45, 7) is 6.83. The summed E-state index contributed by atoms with van der Waals surface area (Å²) in [5, 5.41) is 10.5. The normalized spacial score (nSPS) is 44.5. The third-order valence-electron chi connectivity index (χ3n) is 8.92. The van der Waals surface area contributed by atoms with Crippen molar-refractivity contribution < 1.29 is 43.2 Å². The zero-order chi connectivity index (χ0) is 26.4. The number of aliphatic hydroxyl groups is 1. The fourth-order valence-electron chi connectivity index (χ4n) is 6.96. The van der Waals surface area contributed by atoms with E-state index in [-0.39, 0.29) is 49.6 Å². The molecule has 202 valence electrons. The van der Waals surface area contributed by atoms with Crippen LogP contribution in [0.3, 0.4) is 0 Å². The lowest BCUT2D eigenvalue weighted by atomic mass is 9.57. The Labute approximate surface area is 216 Å². The third kappa shape index (κ3) is 4.77. The molecular formula is C28H36O9. The molecule has 3 aliphatic heterocycles. The molecular weight excluding hydrogens is 480 g/mol. The molecule has 1 N–H and O–H groups in total. The number of allylic oxidation sites excluding steroid dienone is 3. The highest BCUT2D eigenvalue weighted by molar-refractivity contribution is 5.84. The van der Waals surface area contributed by atoms with Gasteiger partial charge in [0.05, 0.1) is 32.0 Å². The summed E-state index contributed by atoms with van der Waals surface area (Å²) in [5.41, 5.74) is 0.0607. The minimum Gasteiger partial charge on any atom is -0.463 e. The SMILES string of the molecule is CC1=CC2OC3C[C@@H]4OC(=O)C=CC=CC(=O)OCC[C@@H](C)C[C@H](O)C(=O)OCC(C1)C2[C@]4(C)[C@]31CO1. The molecule has 5 aliphatic rings. The van der Waals surface area contributed by atoms with Crippen LogP contribution >= 0.6 is 0 Å². The largest absolute Gasteiger partial charge is 0.463 e. The van der Waals surface area contributed by atoms with E-state index < -0.39 is 41.1 Å². The first kappa shape index (κ1) is 26.1. The minimum absolute atomic E-state index is 0.0578. The molecule has 1 spiro atoms. The fraction of sp³-hybridized carbons (Fsp3) is 0.679. The molecule has 0 radical (unpaired) electrons. The maximum Gasteiger partial charge on any atom is 0.334 e. The summed E-state index contributed by atoms with van der Waals surface area (Å²) >= 11 is 0. The monoisotopic (exact) mass is 516 g/mol. The molecule has 3 fully saturated rings. The van der Waals surface area contributed by atoms with Gasteiger partial charge in [-0.2, -0.15) is 0 Å². The lowest BCUT2D eigenvalue weighted by molar-refractivity contribution is -0.189. The predicted octanol–water partition coefficient (Wildman–Crippen LogP) is 2.42. The molecule has 9 nitrogen and oxygen atoms in total. The molecule has 2 aliphatic carbocycles. The summed E-state index contributed by atoms with van der Waals surface area (Å²) < 4.78 is 29.4. The molecule has 2 bridgehead atoms. The van der Waals surface area contributed by atoms with Gasteiger partial charge in [-0.3, -0.25) is 0 Å². The topological polar surface area (TPSA) is 121 Å². The summed E-state index contributed by atoms with van der Waals surface area (Å²) in [7, 11) is 0. The summed E-state index contributed by atoms with van der Waals surface area (Å²) in [4.78, 5) is 37.4. The number of esters is 3. The van der Waals surface area contributed by atoms with Crippen molar-refractivity contribution in [2.24, 2.45) is 23.2 Å². The Morgan fingerprint density at radius 2 is 1.76 bits per heavy atom. The van der Waals surface area contributed by atoms with E-state index >= 15 is 0 Å². The molecule has 2 saturated heterocycles. The molecule has 5 rings (SSSR count). The molecule has 4 unspecified atom stereocenters. The van der Waals surface area contributed by atoms with Crippen LogP contribution in [-0.4, -0.2) is 72.9 Å². The van der Waals surface area contributed by atoms with Crippen LogP contribution in [0.2, 0.25) is 0 Å². The Kier molecular flexibility index (Phi) is 7.06. The highest BCUT2D eigenvalue weighted by Crippen LogP contribution is 2.68. The number of carbonyl (C=O) groups excluding carboxylic acids is 3. The number of aliphatic hydroxyl groups excluding tert-OH is 1. The molecule has 0 aromatic carbocycles. The summed E-state index contributed by atoms with van der Waals surface area (Å²) in [6.07, 6.45) is 7.34. The Hall–Kier alpha value is -2.49. The third-order valence-corrected chi connectivity index (χ3v) is 8.92. The fourth-order valence-corrected chi connectivity index (χ4v) is 6.96. The zero-order valence-corrected chi connectivity index (χ0v) is 21.6. The molecule has 0 aromatic heterocycles. The van der Waals surface area contributed by atoms with Gasteiger partial charge in [0.25, 0.3) is 0 Å².